The number of hydrogen-bond donors (Lipinski definition) is 1. The molecule has 0 aromatic heterocycles. The van der Waals surface area contributed by atoms with E-state index in [0.717, 1.165) is 19.3 Å². The average molecular weight is 481 g/mol. The number of hydrogen-bond acceptors (Lipinski definition) is 3. The third kappa shape index (κ3) is 23.8. The average Bonchev–Trinajstić information content (AvgIpc) is 2.82. The van der Waals surface area contributed by atoms with Gasteiger partial charge in [0, 0.05) is 0 Å². The molecule has 0 aromatic carbocycles. The molecule has 1 atom stereocenters. The fourth-order valence-electron chi connectivity index (χ4n) is 4.36. The van der Waals surface area contributed by atoms with Crippen LogP contribution in [0.5, 0.6) is 0 Å². The minimum Gasteiger partial charge on any atom is -0.481 e. The number of carboxylic acids is 1. The molecule has 0 saturated heterocycles. The van der Waals surface area contributed by atoms with Crippen molar-refractivity contribution < 1.29 is 19.4 Å². The van der Waals surface area contributed by atoms with Crippen molar-refractivity contribution >= 4 is 11.9 Å². The molecule has 0 aliphatic heterocycles. The zero-order valence-corrected chi connectivity index (χ0v) is 22.7. The maximum Gasteiger partial charge on any atom is 0.309 e. The highest BCUT2D eigenvalue weighted by Crippen LogP contribution is 2.18. The zero-order valence-electron chi connectivity index (χ0n) is 22.7. The van der Waals surface area contributed by atoms with Crippen molar-refractivity contribution in [2.75, 3.05) is 6.61 Å². The second-order valence-electron chi connectivity index (χ2n) is 9.96. The van der Waals surface area contributed by atoms with E-state index in [-0.39, 0.29) is 12.4 Å². The maximum atomic E-state index is 12.0. The first-order valence-corrected chi connectivity index (χ1v) is 14.6. The molecule has 0 bridgehead atoms. The fourth-order valence-corrected chi connectivity index (χ4v) is 4.36. The van der Waals surface area contributed by atoms with Crippen LogP contribution in [0.4, 0.5) is 0 Å². The molecule has 0 saturated carbocycles. The Kier molecular flexibility index (Phi) is 25.3. The van der Waals surface area contributed by atoms with Crippen LogP contribution >= 0.6 is 0 Å². The van der Waals surface area contributed by atoms with Crippen LogP contribution in [0.1, 0.15) is 155 Å². The molecular formula is C30H56O4. The molecule has 0 aliphatic carbocycles. The second-order valence-corrected chi connectivity index (χ2v) is 9.96. The maximum absolute atomic E-state index is 12.0. The lowest BCUT2D eigenvalue weighted by atomic mass is 9.97. The van der Waals surface area contributed by atoms with Crippen LogP contribution in [-0.2, 0) is 14.3 Å². The molecule has 0 heterocycles. The van der Waals surface area contributed by atoms with Gasteiger partial charge in [0.2, 0.25) is 0 Å². The van der Waals surface area contributed by atoms with E-state index in [0.29, 0.717) is 13.0 Å². The molecule has 4 heteroatoms. The van der Waals surface area contributed by atoms with E-state index >= 15 is 0 Å². The van der Waals surface area contributed by atoms with Crippen LogP contribution in [0.15, 0.2) is 12.2 Å². The van der Waals surface area contributed by atoms with Crippen LogP contribution in [-0.4, -0.2) is 23.7 Å². The van der Waals surface area contributed by atoms with Gasteiger partial charge in [0.25, 0.3) is 0 Å². The third-order valence-electron chi connectivity index (χ3n) is 6.52. The predicted octanol–water partition coefficient (Wildman–Crippen LogP) is 9.41. The number of carboxylic acid groups (broad SMARTS) is 1. The van der Waals surface area contributed by atoms with Gasteiger partial charge in [-0.05, 0) is 38.5 Å². The van der Waals surface area contributed by atoms with E-state index in [9.17, 15) is 9.59 Å². The number of allylic oxidation sites excluding steroid dienone is 2. The topological polar surface area (TPSA) is 63.6 Å². The van der Waals surface area contributed by atoms with Crippen LogP contribution in [0.3, 0.4) is 0 Å². The van der Waals surface area contributed by atoms with Crippen LogP contribution in [0, 0.1) is 5.92 Å². The van der Waals surface area contributed by atoms with Gasteiger partial charge >= 0.3 is 11.9 Å². The number of aliphatic carboxylic acids is 1. The summed E-state index contributed by atoms with van der Waals surface area (Å²) in [6, 6.07) is 0. The van der Waals surface area contributed by atoms with Gasteiger partial charge in [-0.2, -0.15) is 0 Å². The Morgan fingerprint density at radius 1 is 0.647 bits per heavy atom. The first kappa shape index (κ1) is 32.7. The van der Waals surface area contributed by atoms with E-state index in [1.54, 1.807) is 0 Å². The van der Waals surface area contributed by atoms with Crippen molar-refractivity contribution in [1.82, 2.24) is 0 Å². The highest BCUT2D eigenvalue weighted by molar-refractivity contribution is 5.79. The van der Waals surface area contributed by atoms with E-state index < -0.39 is 11.9 Å². The van der Waals surface area contributed by atoms with E-state index in [4.69, 9.17) is 9.84 Å². The minimum atomic E-state index is -0.919. The molecule has 0 fully saturated rings. The van der Waals surface area contributed by atoms with Crippen molar-refractivity contribution in [2.24, 2.45) is 5.92 Å². The molecule has 34 heavy (non-hydrogen) atoms. The van der Waals surface area contributed by atoms with Crippen molar-refractivity contribution in [3.05, 3.63) is 12.2 Å². The summed E-state index contributed by atoms with van der Waals surface area (Å²) in [5, 5.41) is 9.02. The lowest BCUT2D eigenvalue weighted by Gasteiger charge is -2.13. The number of esters is 1. The van der Waals surface area contributed by atoms with Gasteiger partial charge < -0.3 is 9.84 Å². The van der Waals surface area contributed by atoms with Gasteiger partial charge in [0.15, 0.2) is 0 Å². The van der Waals surface area contributed by atoms with Crippen molar-refractivity contribution in [2.45, 2.75) is 155 Å². The quantitative estimate of drug-likeness (QED) is 0.0760. The monoisotopic (exact) mass is 480 g/mol. The second kappa shape index (κ2) is 26.3. The standard InChI is InChI=1S/C30H56O4/c1-3-5-6-7-8-9-10-11-12-13-14-15-16-17-18-19-20-21-22-23-24-25-28(27-29(31)32)30(33)34-26-4-2/h13-14,28H,3-12,15-27H2,1-2H3,(H,31,32)/b14-13+. The van der Waals surface area contributed by atoms with Gasteiger partial charge in [-0.15, -0.1) is 0 Å². The van der Waals surface area contributed by atoms with Gasteiger partial charge in [-0.25, -0.2) is 0 Å². The molecule has 0 aromatic rings. The number of carbonyl (C=O) groups excluding carboxylic acids is 1. The summed E-state index contributed by atoms with van der Waals surface area (Å²) in [7, 11) is 0. The summed E-state index contributed by atoms with van der Waals surface area (Å²) in [6.45, 7) is 4.60. The molecule has 1 N–H and O–H groups in total. The summed E-state index contributed by atoms with van der Waals surface area (Å²) in [5.74, 6) is -1.75. The lowest BCUT2D eigenvalue weighted by molar-refractivity contribution is -0.153. The Hall–Kier alpha value is -1.32. The number of carbonyl (C=O) groups is 2. The third-order valence-corrected chi connectivity index (χ3v) is 6.52. The van der Waals surface area contributed by atoms with Gasteiger partial charge in [0.05, 0.1) is 18.9 Å². The number of rotatable bonds is 26. The smallest absolute Gasteiger partial charge is 0.309 e. The van der Waals surface area contributed by atoms with Crippen LogP contribution < -0.4 is 0 Å². The van der Waals surface area contributed by atoms with Gasteiger partial charge in [-0.3, -0.25) is 9.59 Å². The van der Waals surface area contributed by atoms with Crippen LogP contribution in [0.25, 0.3) is 0 Å². The Morgan fingerprint density at radius 3 is 1.53 bits per heavy atom. The van der Waals surface area contributed by atoms with Gasteiger partial charge in [-0.1, -0.05) is 122 Å². The molecule has 0 radical (unpaired) electrons. The Balaban J connectivity index is 3.44. The highest BCUT2D eigenvalue weighted by atomic mass is 16.5. The Bertz CT molecular complexity index is 486. The molecule has 0 amide bonds. The normalized spacial score (nSPS) is 12.3. The molecule has 0 rings (SSSR count). The minimum absolute atomic E-state index is 0.114. The first-order chi connectivity index (χ1) is 16.6. The molecule has 0 spiro atoms. The Morgan fingerprint density at radius 2 is 1.09 bits per heavy atom. The Labute approximate surface area is 211 Å². The number of ether oxygens (including phenoxy) is 1. The SMILES string of the molecule is CCCCCCCCCC/C=C/CCCCCCCCCCCC(CC(=O)O)C(=O)OCCC. The molecule has 0 aliphatic rings. The molecule has 200 valence electrons. The fraction of sp³-hybridized carbons (Fsp3) is 0.867. The summed E-state index contributed by atoms with van der Waals surface area (Å²) in [5.41, 5.74) is 0. The van der Waals surface area contributed by atoms with Crippen molar-refractivity contribution in [3.8, 4) is 0 Å². The summed E-state index contributed by atoms with van der Waals surface area (Å²) < 4.78 is 5.15. The van der Waals surface area contributed by atoms with E-state index in [1.165, 1.54) is 109 Å². The summed E-state index contributed by atoms with van der Waals surface area (Å²) in [4.78, 5) is 23.0. The number of unbranched alkanes of at least 4 members (excludes halogenated alkanes) is 17. The summed E-state index contributed by atoms with van der Waals surface area (Å²) >= 11 is 0. The van der Waals surface area contributed by atoms with Gasteiger partial charge in [0.1, 0.15) is 0 Å². The zero-order chi connectivity index (χ0) is 25.1. The van der Waals surface area contributed by atoms with E-state index in [2.05, 4.69) is 19.1 Å². The first-order valence-electron chi connectivity index (χ1n) is 14.6. The van der Waals surface area contributed by atoms with Crippen molar-refractivity contribution in [1.29, 1.82) is 0 Å². The highest BCUT2D eigenvalue weighted by Gasteiger charge is 2.22. The molecule has 4 nitrogen and oxygen atoms in total. The van der Waals surface area contributed by atoms with E-state index in [1.807, 2.05) is 6.92 Å². The molecular weight excluding hydrogens is 424 g/mol. The van der Waals surface area contributed by atoms with Crippen molar-refractivity contribution in [3.63, 3.8) is 0 Å². The van der Waals surface area contributed by atoms with Crippen LogP contribution in [0.2, 0.25) is 0 Å². The summed E-state index contributed by atoms with van der Waals surface area (Å²) in [6.07, 6.45) is 30.7. The largest absolute Gasteiger partial charge is 0.481 e. The lowest BCUT2D eigenvalue weighted by Crippen LogP contribution is -2.21. The predicted molar refractivity (Wildman–Crippen MR) is 144 cm³/mol. The molecule has 1 unspecified atom stereocenters.